The van der Waals surface area contributed by atoms with Crippen LogP contribution >= 0.6 is 0 Å². The summed E-state index contributed by atoms with van der Waals surface area (Å²) in [6, 6.07) is 1.96. The molecule has 0 radical (unpaired) electrons. The van der Waals surface area contributed by atoms with Crippen molar-refractivity contribution < 1.29 is 23.1 Å². The van der Waals surface area contributed by atoms with Crippen LogP contribution in [0.15, 0.2) is 12.1 Å². The lowest BCUT2D eigenvalue weighted by atomic mass is 9.99. The minimum Gasteiger partial charge on any atom is -0.480 e. The number of hydrogen-bond donors (Lipinski definition) is 1. The van der Waals surface area contributed by atoms with E-state index in [1.54, 1.807) is 0 Å². The molecule has 1 unspecified atom stereocenters. The normalized spacial score (nSPS) is 23.7. The summed E-state index contributed by atoms with van der Waals surface area (Å²) in [6.07, 6.45) is -3.48. The van der Waals surface area contributed by atoms with Gasteiger partial charge in [0.25, 0.3) is 0 Å². The first-order valence-corrected chi connectivity index (χ1v) is 5.67. The van der Waals surface area contributed by atoms with Gasteiger partial charge in [0.2, 0.25) is 0 Å². The van der Waals surface area contributed by atoms with E-state index in [4.69, 9.17) is 0 Å². The fourth-order valence-corrected chi connectivity index (χ4v) is 2.17. The predicted molar refractivity (Wildman–Crippen MR) is 59.7 cm³/mol. The second-order valence-corrected chi connectivity index (χ2v) is 4.61. The molecule has 1 aromatic rings. The highest BCUT2D eigenvalue weighted by Crippen LogP contribution is 2.34. The first kappa shape index (κ1) is 13.6. The second kappa shape index (κ2) is 4.36. The lowest BCUT2D eigenvalue weighted by Gasteiger charge is -2.31. The summed E-state index contributed by atoms with van der Waals surface area (Å²) < 4.78 is 37.1. The summed E-state index contributed by atoms with van der Waals surface area (Å²) in [5.41, 5.74) is -2.23. The van der Waals surface area contributed by atoms with Crippen LogP contribution in [0.1, 0.15) is 25.5 Å². The molecule has 0 amide bonds. The Hall–Kier alpha value is -1.86. The quantitative estimate of drug-likeness (QED) is 0.893. The molecule has 1 saturated heterocycles. The summed E-state index contributed by atoms with van der Waals surface area (Å²) in [5.74, 6) is -0.873. The lowest BCUT2D eigenvalue weighted by Crippen LogP contribution is -2.48. The number of carbonyl (C=O) groups is 1. The molecule has 0 aliphatic carbocycles. The Kier molecular flexibility index (Phi) is 3.11. The summed E-state index contributed by atoms with van der Waals surface area (Å²) in [7, 11) is 0. The maximum absolute atomic E-state index is 12.4. The molecule has 1 N–H and O–H groups in total. The second-order valence-electron chi connectivity index (χ2n) is 4.61. The Morgan fingerprint density at radius 2 is 2.11 bits per heavy atom. The summed E-state index contributed by atoms with van der Waals surface area (Å²) in [5, 5.41) is 15.8. The van der Waals surface area contributed by atoms with E-state index in [9.17, 15) is 23.1 Å². The zero-order valence-electron chi connectivity index (χ0n) is 10.1. The molecular formula is C11H12F3N3O2. The average molecular weight is 275 g/mol. The molecule has 2 rings (SSSR count). The van der Waals surface area contributed by atoms with E-state index in [-0.39, 0.29) is 5.82 Å². The van der Waals surface area contributed by atoms with Crippen LogP contribution in [0, 0.1) is 0 Å². The first-order chi connectivity index (χ1) is 8.75. The average Bonchev–Trinajstić information content (AvgIpc) is 2.72. The number of alkyl halides is 3. The Bertz CT molecular complexity index is 489. The van der Waals surface area contributed by atoms with Gasteiger partial charge in [-0.3, -0.25) is 0 Å². The van der Waals surface area contributed by atoms with E-state index in [0.717, 1.165) is 12.1 Å². The van der Waals surface area contributed by atoms with Gasteiger partial charge >= 0.3 is 12.1 Å². The SMILES string of the molecule is CC1(C(=O)O)CCCN1c1ccc(C(F)(F)F)nn1. The van der Waals surface area contributed by atoms with Crippen molar-refractivity contribution in [2.45, 2.75) is 31.5 Å². The third kappa shape index (κ3) is 2.34. The number of aliphatic carboxylic acids is 1. The molecule has 1 fully saturated rings. The zero-order valence-corrected chi connectivity index (χ0v) is 10.1. The van der Waals surface area contributed by atoms with Gasteiger partial charge in [0, 0.05) is 6.54 Å². The molecular weight excluding hydrogens is 263 g/mol. The number of rotatable bonds is 2. The fourth-order valence-electron chi connectivity index (χ4n) is 2.17. The summed E-state index contributed by atoms with van der Waals surface area (Å²) in [6.45, 7) is 1.96. The van der Waals surface area contributed by atoms with Crippen molar-refractivity contribution >= 4 is 11.8 Å². The molecule has 0 aromatic carbocycles. The van der Waals surface area contributed by atoms with Crippen molar-refractivity contribution in [1.29, 1.82) is 0 Å². The summed E-state index contributed by atoms with van der Waals surface area (Å²) in [4.78, 5) is 12.7. The van der Waals surface area contributed by atoms with Crippen LogP contribution in [-0.4, -0.2) is 33.4 Å². The lowest BCUT2D eigenvalue weighted by molar-refractivity contribution is -0.143. The van der Waals surface area contributed by atoms with E-state index in [1.165, 1.54) is 11.8 Å². The molecule has 0 saturated carbocycles. The van der Waals surface area contributed by atoms with Crippen LogP contribution in [-0.2, 0) is 11.0 Å². The van der Waals surface area contributed by atoms with Gasteiger partial charge in [-0.1, -0.05) is 0 Å². The van der Waals surface area contributed by atoms with E-state index in [0.29, 0.717) is 19.4 Å². The number of aromatic nitrogens is 2. The maximum Gasteiger partial charge on any atom is 0.435 e. The summed E-state index contributed by atoms with van der Waals surface area (Å²) >= 11 is 0. The number of nitrogens with zero attached hydrogens (tertiary/aromatic N) is 3. The molecule has 5 nitrogen and oxygen atoms in total. The molecule has 19 heavy (non-hydrogen) atoms. The largest absolute Gasteiger partial charge is 0.480 e. The first-order valence-electron chi connectivity index (χ1n) is 5.67. The molecule has 1 aromatic heterocycles. The molecule has 0 bridgehead atoms. The molecule has 8 heteroatoms. The Labute approximate surface area is 107 Å². The van der Waals surface area contributed by atoms with Gasteiger partial charge in [0.15, 0.2) is 11.5 Å². The predicted octanol–water partition coefficient (Wildman–Crippen LogP) is 1.94. The van der Waals surface area contributed by atoms with Gasteiger partial charge in [0.05, 0.1) is 0 Å². The van der Waals surface area contributed by atoms with Crippen molar-refractivity contribution in [2.75, 3.05) is 11.4 Å². The van der Waals surface area contributed by atoms with Crippen LogP contribution in [0.5, 0.6) is 0 Å². The highest BCUT2D eigenvalue weighted by Gasteiger charge is 2.44. The van der Waals surface area contributed by atoms with Gasteiger partial charge in [-0.15, -0.1) is 10.2 Å². The number of hydrogen-bond acceptors (Lipinski definition) is 4. The highest BCUT2D eigenvalue weighted by molar-refractivity contribution is 5.83. The number of anilines is 1. The third-order valence-corrected chi connectivity index (χ3v) is 3.32. The zero-order chi connectivity index (χ0) is 14.3. The molecule has 2 heterocycles. The van der Waals surface area contributed by atoms with Crippen LogP contribution in [0.25, 0.3) is 0 Å². The van der Waals surface area contributed by atoms with Crippen molar-refractivity contribution in [3.63, 3.8) is 0 Å². The van der Waals surface area contributed by atoms with E-state index in [2.05, 4.69) is 10.2 Å². The fraction of sp³-hybridized carbons (Fsp3) is 0.545. The minimum atomic E-state index is -4.55. The third-order valence-electron chi connectivity index (χ3n) is 3.32. The Balaban J connectivity index is 2.30. The van der Waals surface area contributed by atoms with Crippen molar-refractivity contribution in [3.05, 3.63) is 17.8 Å². The van der Waals surface area contributed by atoms with Gasteiger partial charge in [-0.2, -0.15) is 13.2 Å². The highest BCUT2D eigenvalue weighted by atomic mass is 19.4. The Morgan fingerprint density at radius 1 is 1.42 bits per heavy atom. The maximum atomic E-state index is 12.4. The smallest absolute Gasteiger partial charge is 0.435 e. The minimum absolute atomic E-state index is 0.149. The molecule has 1 aliphatic rings. The van der Waals surface area contributed by atoms with Crippen LogP contribution in [0.4, 0.5) is 19.0 Å². The van der Waals surface area contributed by atoms with Gasteiger partial charge < -0.3 is 10.0 Å². The number of carboxylic acids is 1. The van der Waals surface area contributed by atoms with Gasteiger partial charge in [0.1, 0.15) is 5.54 Å². The van der Waals surface area contributed by atoms with E-state index >= 15 is 0 Å². The van der Waals surface area contributed by atoms with Crippen LogP contribution in [0.3, 0.4) is 0 Å². The number of carboxylic acid groups (broad SMARTS) is 1. The van der Waals surface area contributed by atoms with Crippen LogP contribution in [0.2, 0.25) is 0 Å². The van der Waals surface area contributed by atoms with Crippen molar-refractivity contribution in [2.24, 2.45) is 0 Å². The monoisotopic (exact) mass is 275 g/mol. The van der Waals surface area contributed by atoms with Crippen molar-refractivity contribution in [3.8, 4) is 0 Å². The van der Waals surface area contributed by atoms with E-state index < -0.39 is 23.4 Å². The number of halogens is 3. The standard InChI is InChI=1S/C11H12F3N3O2/c1-10(9(18)19)5-2-6-17(10)8-4-3-7(15-16-8)11(12,13)14/h3-4H,2,5-6H2,1H3,(H,18,19). The van der Waals surface area contributed by atoms with Crippen LogP contribution < -0.4 is 4.90 Å². The van der Waals surface area contributed by atoms with E-state index in [1.807, 2.05) is 0 Å². The molecule has 0 spiro atoms. The van der Waals surface area contributed by atoms with Gasteiger partial charge in [-0.25, -0.2) is 4.79 Å². The van der Waals surface area contributed by atoms with Gasteiger partial charge in [-0.05, 0) is 31.9 Å². The molecule has 1 aliphatic heterocycles. The molecule has 1 atom stereocenters. The molecule has 104 valence electrons. The Morgan fingerprint density at radius 3 is 2.58 bits per heavy atom. The van der Waals surface area contributed by atoms with Crippen molar-refractivity contribution in [1.82, 2.24) is 10.2 Å². The topological polar surface area (TPSA) is 66.3 Å².